The zero-order chi connectivity index (χ0) is 14.9. The van der Waals surface area contributed by atoms with E-state index in [2.05, 4.69) is 53.5 Å². The molecular formula is C20H14ClN. The molecule has 0 aliphatic carbocycles. The van der Waals surface area contributed by atoms with Gasteiger partial charge in [-0.25, -0.2) is 0 Å². The molecule has 4 rings (SSSR count). The Kier molecular flexibility index (Phi) is 3.21. The van der Waals surface area contributed by atoms with E-state index in [0.717, 1.165) is 21.8 Å². The first-order chi connectivity index (χ1) is 10.8. The summed E-state index contributed by atoms with van der Waals surface area (Å²) in [6.45, 7) is 0. The Bertz CT molecular complexity index is 921. The lowest BCUT2D eigenvalue weighted by Crippen LogP contribution is -1.77. The van der Waals surface area contributed by atoms with Crippen LogP contribution in [-0.4, -0.2) is 4.98 Å². The molecule has 1 nitrogen and oxygen atoms in total. The van der Waals surface area contributed by atoms with Crippen LogP contribution < -0.4 is 0 Å². The van der Waals surface area contributed by atoms with Crippen molar-refractivity contribution in [1.82, 2.24) is 4.98 Å². The van der Waals surface area contributed by atoms with E-state index in [9.17, 15) is 0 Å². The highest BCUT2D eigenvalue weighted by Crippen LogP contribution is 2.29. The first-order valence-corrected chi connectivity index (χ1v) is 7.61. The van der Waals surface area contributed by atoms with Gasteiger partial charge >= 0.3 is 0 Å². The second-order valence-electron chi connectivity index (χ2n) is 5.36. The number of rotatable bonds is 2. The molecule has 0 amide bonds. The van der Waals surface area contributed by atoms with Gasteiger partial charge in [0.15, 0.2) is 0 Å². The number of hydrogen-bond acceptors (Lipinski definition) is 0. The van der Waals surface area contributed by atoms with Crippen molar-refractivity contribution in [2.45, 2.75) is 0 Å². The van der Waals surface area contributed by atoms with E-state index in [4.69, 9.17) is 11.6 Å². The second-order valence-corrected chi connectivity index (χ2v) is 5.79. The van der Waals surface area contributed by atoms with E-state index in [-0.39, 0.29) is 0 Å². The molecule has 0 saturated carbocycles. The van der Waals surface area contributed by atoms with Crippen molar-refractivity contribution in [3.05, 3.63) is 83.9 Å². The lowest BCUT2D eigenvalue weighted by molar-refractivity contribution is 1.45. The number of benzene rings is 3. The molecular weight excluding hydrogens is 290 g/mol. The lowest BCUT2D eigenvalue weighted by atomic mass is 10.0. The van der Waals surface area contributed by atoms with Crippen LogP contribution in [0.4, 0.5) is 0 Å². The molecule has 0 radical (unpaired) electrons. The van der Waals surface area contributed by atoms with E-state index >= 15 is 0 Å². The number of hydrogen-bond donors (Lipinski definition) is 1. The zero-order valence-corrected chi connectivity index (χ0v) is 12.6. The van der Waals surface area contributed by atoms with E-state index in [1.54, 1.807) is 0 Å². The van der Waals surface area contributed by atoms with Crippen LogP contribution in [0.25, 0.3) is 33.3 Å². The number of aromatic nitrogens is 1. The van der Waals surface area contributed by atoms with Crippen molar-refractivity contribution >= 4 is 22.5 Å². The minimum Gasteiger partial charge on any atom is -0.355 e. The van der Waals surface area contributed by atoms with Crippen LogP contribution in [0, 0.1) is 0 Å². The highest BCUT2D eigenvalue weighted by atomic mass is 35.5. The fourth-order valence-corrected chi connectivity index (χ4v) is 2.85. The van der Waals surface area contributed by atoms with Crippen LogP contribution in [0.3, 0.4) is 0 Å². The van der Waals surface area contributed by atoms with E-state index in [1.807, 2.05) is 30.3 Å². The van der Waals surface area contributed by atoms with Crippen molar-refractivity contribution in [2.24, 2.45) is 0 Å². The third kappa shape index (κ3) is 2.40. The maximum Gasteiger partial charge on any atom is 0.0464 e. The summed E-state index contributed by atoms with van der Waals surface area (Å²) in [7, 11) is 0. The van der Waals surface area contributed by atoms with Gasteiger partial charge in [-0.3, -0.25) is 0 Å². The highest BCUT2D eigenvalue weighted by Gasteiger charge is 2.05. The third-order valence-electron chi connectivity index (χ3n) is 3.88. The van der Waals surface area contributed by atoms with Crippen molar-refractivity contribution in [3.8, 4) is 22.4 Å². The first-order valence-electron chi connectivity index (χ1n) is 7.24. The van der Waals surface area contributed by atoms with Gasteiger partial charge in [0.05, 0.1) is 0 Å². The molecule has 0 fully saturated rings. The molecule has 2 heteroatoms. The Morgan fingerprint density at radius 3 is 2.14 bits per heavy atom. The summed E-state index contributed by atoms with van der Waals surface area (Å²) in [5.41, 5.74) is 5.86. The summed E-state index contributed by atoms with van der Waals surface area (Å²) < 4.78 is 0. The molecule has 4 aromatic rings. The van der Waals surface area contributed by atoms with Gasteiger partial charge in [-0.1, -0.05) is 60.1 Å². The molecule has 0 atom stereocenters. The molecule has 3 aromatic carbocycles. The summed E-state index contributed by atoms with van der Waals surface area (Å²) in [6.07, 6.45) is 0. The van der Waals surface area contributed by atoms with Gasteiger partial charge in [-0.05, 0) is 47.0 Å². The minimum absolute atomic E-state index is 0.756. The quantitative estimate of drug-likeness (QED) is 0.457. The molecule has 0 spiro atoms. The van der Waals surface area contributed by atoms with Crippen LogP contribution in [0.1, 0.15) is 0 Å². The minimum atomic E-state index is 0.756. The third-order valence-corrected chi connectivity index (χ3v) is 4.14. The largest absolute Gasteiger partial charge is 0.355 e. The van der Waals surface area contributed by atoms with Gasteiger partial charge in [-0.15, -0.1) is 0 Å². The molecule has 0 saturated heterocycles. The molecule has 0 unspecified atom stereocenters. The fourth-order valence-electron chi connectivity index (χ4n) is 2.73. The maximum atomic E-state index is 5.96. The van der Waals surface area contributed by atoms with Crippen LogP contribution in [0.15, 0.2) is 78.9 Å². The predicted octanol–water partition coefficient (Wildman–Crippen LogP) is 6.16. The summed E-state index contributed by atoms with van der Waals surface area (Å²) >= 11 is 5.96. The van der Waals surface area contributed by atoms with Gasteiger partial charge < -0.3 is 4.98 Å². The molecule has 0 bridgehead atoms. The Labute approximate surface area is 134 Å². The molecule has 106 valence electrons. The smallest absolute Gasteiger partial charge is 0.0464 e. The first kappa shape index (κ1) is 13.2. The van der Waals surface area contributed by atoms with Crippen LogP contribution >= 0.6 is 11.6 Å². The molecule has 22 heavy (non-hydrogen) atoms. The maximum absolute atomic E-state index is 5.96. The zero-order valence-electron chi connectivity index (χ0n) is 11.9. The van der Waals surface area contributed by atoms with Crippen molar-refractivity contribution in [2.75, 3.05) is 0 Å². The summed E-state index contributed by atoms with van der Waals surface area (Å²) in [4.78, 5) is 3.47. The van der Waals surface area contributed by atoms with Gasteiger partial charge in [0, 0.05) is 21.6 Å². The normalized spacial score (nSPS) is 11.0. The average Bonchev–Trinajstić information content (AvgIpc) is 2.99. The lowest BCUT2D eigenvalue weighted by Gasteiger charge is -2.00. The van der Waals surface area contributed by atoms with Crippen LogP contribution in [0.5, 0.6) is 0 Å². The Balaban J connectivity index is 1.80. The average molecular weight is 304 g/mol. The van der Waals surface area contributed by atoms with Crippen molar-refractivity contribution < 1.29 is 0 Å². The molecule has 1 aromatic heterocycles. The Morgan fingerprint density at radius 2 is 1.36 bits per heavy atom. The van der Waals surface area contributed by atoms with Gasteiger partial charge in [0.25, 0.3) is 0 Å². The number of fused-ring (bicyclic) bond motifs is 1. The number of aromatic amines is 1. The summed E-state index contributed by atoms with van der Waals surface area (Å²) in [5.74, 6) is 0. The number of halogens is 1. The molecule has 1 N–H and O–H groups in total. The summed E-state index contributed by atoms with van der Waals surface area (Å²) in [6, 6.07) is 27.0. The Morgan fingerprint density at radius 1 is 0.636 bits per heavy atom. The SMILES string of the molecule is Clc1ccc(-c2cc3cc(-c4ccccc4)ccc3[nH]2)cc1. The van der Waals surface area contributed by atoms with Gasteiger partial charge in [0.1, 0.15) is 0 Å². The molecule has 0 aliphatic rings. The highest BCUT2D eigenvalue weighted by molar-refractivity contribution is 6.30. The van der Waals surface area contributed by atoms with E-state index in [1.165, 1.54) is 16.5 Å². The van der Waals surface area contributed by atoms with Crippen molar-refractivity contribution in [3.63, 3.8) is 0 Å². The van der Waals surface area contributed by atoms with Crippen molar-refractivity contribution in [1.29, 1.82) is 0 Å². The predicted molar refractivity (Wildman–Crippen MR) is 94.2 cm³/mol. The number of H-pyrrole nitrogens is 1. The standard InChI is InChI=1S/C20H14ClN/c21-18-9-6-15(7-10-18)20-13-17-12-16(8-11-19(17)22-20)14-4-2-1-3-5-14/h1-13,22H. The monoisotopic (exact) mass is 303 g/mol. The van der Waals surface area contributed by atoms with E-state index in [0.29, 0.717) is 0 Å². The topological polar surface area (TPSA) is 15.8 Å². The fraction of sp³-hybridized carbons (Fsp3) is 0. The van der Waals surface area contributed by atoms with Gasteiger partial charge in [0.2, 0.25) is 0 Å². The molecule has 1 heterocycles. The molecule has 0 aliphatic heterocycles. The number of nitrogens with one attached hydrogen (secondary N) is 1. The van der Waals surface area contributed by atoms with E-state index < -0.39 is 0 Å². The van der Waals surface area contributed by atoms with Gasteiger partial charge in [-0.2, -0.15) is 0 Å². The Hall–Kier alpha value is -2.51. The van der Waals surface area contributed by atoms with Crippen LogP contribution in [-0.2, 0) is 0 Å². The summed E-state index contributed by atoms with van der Waals surface area (Å²) in [5, 5.41) is 1.97. The van der Waals surface area contributed by atoms with Crippen LogP contribution in [0.2, 0.25) is 5.02 Å². The second kappa shape index (κ2) is 5.36.